The van der Waals surface area contributed by atoms with Crippen molar-refractivity contribution in [2.24, 2.45) is 0 Å². The molecule has 0 aliphatic carbocycles. The standard InChI is InChI=1S/C21H22FN3OS/c1-4-12-25-20(13-26-19-11-7-8-15(2)16(19)3)23-24-21(25)27-14-17-9-5-6-10-18(17)22/h4-11H,1,12-14H2,2-3H3. The summed E-state index contributed by atoms with van der Waals surface area (Å²) in [5.41, 5.74) is 2.94. The minimum absolute atomic E-state index is 0.210. The molecule has 0 unspecified atom stereocenters. The van der Waals surface area contributed by atoms with Gasteiger partial charge in [-0.3, -0.25) is 4.57 Å². The molecule has 0 amide bonds. The van der Waals surface area contributed by atoms with E-state index in [-0.39, 0.29) is 5.82 Å². The average molecular weight is 383 g/mol. The van der Waals surface area contributed by atoms with Crippen LogP contribution in [-0.2, 0) is 18.9 Å². The van der Waals surface area contributed by atoms with Crippen LogP contribution >= 0.6 is 11.8 Å². The Morgan fingerprint density at radius 2 is 1.96 bits per heavy atom. The van der Waals surface area contributed by atoms with E-state index in [4.69, 9.17) is 4.74 Å². The SMILES string of the molecule is C=CCn1c(COc2cccc(C)c2C)nnc1SCc1ccccc1F. The molecule has 0 radical (unpaired) electrons. The lowest BCUT2D eigenvalue weighted by Crippen LogP contribution is -2.08. The van der Waals surface area contributed by atoms with Gasteiger partial charge in [0, 0.05) is 12.3 Å². The zero-order valence-corrected chi connectivity index (χ0v) is 16.3. The van der Waals surface area contributed by atoms with Crippen LogP contribution in [0.3, 0.4) is 0 Å². The van der Waals surface area contributed by atoms with Crippen molar-refractivity contribution in [3.63, 3.8) is 0 Å². The van der Waals surface area contributed by atoms with Gasteiger partial charge in [0.1, 0.15) is 18.2 Å². The van der Waals surface area contributed by atoms with Crippen molar-refractivity contribution in [3.05, 3.63) is 83.5 Å². The van der Waals surface area contributed by atoms with Gasteiger partial charge in [0.15, 0.2) is 11.0 Å². The molecule has 140 valence electrons. The first-order chi connectivity index (χ1) is 13.1. The highest BCUT2D eigenvalue weighted by molar-refractivity contribution is 7.98. The number of aryl methyl sites for hydroxylation is 1. The van der Waals surface area contributed by atoms with Crippen LogP contribution in [0.2, 0.25) is 0 Å². The highest BCUT2D eigenvalue weighted by atomic mass is 32.2. The molecule has 3 rings (SSSR count). The minimum atomic E-state index is -0.210. The molecule has 0 bridgehead atoms. The molecule has 0 aliphatic heterocycles. The van der Waals surface area contributed by atoms with Crippen LogP contribution in [0.15, 0.2) is 60.3 Å². The van der Waals surface area contributed by atoms with E-state index >= 15 is 0 Å². The fourth-order valence-corrected chi connectivity index (χ4v) is 3.58. The van der Waals surface area contributed by atoms with Crippen LogP contribution in [0.5, 0.6) is 5.75 Å². The Hall–Kier alpha value is -2.60. The fourth-order valence-electron chi connectivity index (χ4n) is 2.63. The lowest BCUT2D eigenvalue weighted by atomic mass is 10.1. The van der Waals surface area contributed by atoms with Crippen LogP contribution < -0.4 is 4.74 Å². The molecular weight excluding hydrogens is 361 g/mol. The van der Waals surface area contributed by atoms with Gasteiger partial charge in [-0.1, -0.05) is 48.2 Å². The highest BCUT2D eigenvalue weighted by Gasteiger charge is 2.14. The molecule has 6 heteroatoms. The minimum Gasteiger partial charge on any atom is -0.485 e. The number of ether oxygens (including phenoxy) is 1. The van der Waals surface area contributed by atoms with Crippen molar-refractivity contribution in [1.82, 2.24) is 14.8 Å². The molecule has 1 aromatic heterocycles. The number of hydrogen-bond donors (Lipinski definition) is 0. The Bertz CT molecular complexity index is 939. The van der Waals surface area contributed by atoms with Gasteiger partial charge in [-0.15, -0.1) is 16.8 Å². The number of aromatic nitrogens is 3. The number of allylic oxidation sites excluding steroid dienone is 1. The van der Waals surface area contributed by atoms with E-state index in [0.29, 0.717) is 30.3 Å². The molecule has 0 aliphatic rings. The molecule has 3 aromatic rings. The largest absolute Gasteiger partial charge is 0.485 e. The normalized spacial score (nSPS) is 10.8. The molecular formula is C21H22FN3OS. The van der Waals surface area contributed by atoms with E-state index in [1.165, 1.54) is 23.4 Å². The Balaban J connectivity index is 1.73. The van der Waals surface area contributed by atoms with Crippen molar-refractivity contribution in [3.8, 4) is 5.75 Å². The first-order valence-electron chi connectivity index (χ1n) is 8.68. The molecule has 2 aromatic carbocycles. The summed E-state index contributed by atoms with van der Waals surface area (Å²) in [6, 6.07) is 12.7. The Labute approximate surface area is 163 Å². The summed E-state index contributed by atoms with van der Waals surface area (Å²) in [4.78, 5) is 0. The van der Waals surface area contributed by atoms with Gasteiger partial charge in [-0.25, -0.2) is 4.39 Å². The quantitative estimate of drug-likeness (QED) is 0.401. The second kappa shape index (κ2) is 8.86. The van der Waals surface area contributed by atoms with Crippen molar-refractivity contribution in [2.75, 3.05) is 0 Å². The van der Waals surface area contributed by atoms with Crippen LogP contribution in [-0.4, -0.2) is 14.8 Å². The smallest absolute Gasteiger partial charge is 0.191 e. The average Bonchev–Trinajstić information content (AvgIpc) is 3.04. The fraction of sp³-hybridized carbons (Fsp3) is 0.238. The molecule has 27 heavy (non-hydrogen) atoms. The van der Waals surface area contributed by atoms with Gasteiger partial charge in [0.05, 0.1) is 0 Å². The number of benzene rings is 2. The molecule has 4 nitrogen and oxygen atoms in total. The van der Waals surface area contributed by atoms with E-state index in [9.17, 15) is 4.39 Å². The van der Waals surface area contributed by atoms with Gasteiger partial charge < -0.3 is 4.74 Å². The molecule has 0 atom stereocenters. The number of halogens is 1. The van der Waals surface area contributed by atoms with Gasteiger partial charge >= 0.3 is 0 Å². The molecule has 0 N–H and O–H groups in total. The van der Waals surface area contributed by atoms with Gasteiger partial charge in [0.25, 0.3) is 0 Å². The predicted octanol–water partition coefficient (Wildman–Crippen LogP) is 5.09. The summed E-state index contributed by atoms with van der Waals surface area (Å²) in [5, 5.41) is 9.24. The number of thioether (sulfide) groups is 1. The third kappa shape index (κ3) is 4.57. The van der Waals surface area contributed by atoms with E-state index in [2.05, 4.69) is 29.8 Å². The summed E-state index contributed by atoms with van der Waals surface area (Å²) >= 11 is 1.45. The van der Waals surface area contributed by atoms with E-state index < -0.39 is 0 Å². The second-order valence-electron chi connectivity index (χ2n) is 6.16. The summed E-state index contributed by atoms with van der Waals surface area (Å²) in [6.07, 6.45) is 1.79. The molecule has 0 saturated carbocycles. The van der Waals surface area contributed by atoms with Crippen LogP contribution in [0.1, 0.15) is 22.5 Å². The molecule has 0 saturated heterocycles. The van der Waals surface area contributed by atoms with E-state index in [1.54, 1.807) is 18.2 Å². The second-order valence-corrected chi connectivity index (χ2v) is 7.11. The lowest BCUT2D eigenvalue weighted by molar-refractivity contribution is 0.287. The highest BCUT2D eigenvalue weighted by Crippen LogP contribution is 2.25. The number of rotatable bonds is 8. The Morgan fingerprint density at radius 3 is 2.74 bits per heavy atom. The van der Waals surface area contributed by atoms with Crippen molar-refractivity contribution >= 4 is 11.8 Å². The van der Waals surface area contributed by atoms with Gasteiger partial charge in [-0.05, 0) is 42.7 Å². The van der Waals surface area contributed by atoms with Gasteiger partial charge in [0.2, 0.25) is 0 Å². The topological polar surface area (TPSA) is 39.9 Å². The van der Waals surface area contributed by atoms with E-state index in [1.807, 2.05) is 29.7 Å². The van der Waals surface area contributed by atoms with Crippen LogP contribution in [0.4, 0.5) is 4.39 Å². The summed E-state index contributed by atoms with van der Waals surface area (Å²) in [6.45, 7) is 8.78. The zero-order valence-electron chi connectivity index (χ0n) is 15.5. The third-order valence-electron chi connectivity index (χ3n) is 4.33. The third-order valence-corrected chi connectivity index (χ3v) is 5.35. The summed E-state index contributed by atoms with van der Waals surface area (Å²) in [7, 11) is 0. The number of nitrogens with zero attached hydrogens (tertiary/aromatic N) is 3. The summed E-state index contributed by atoms with van der Waals surface area (Å²) in [5.74, 6) is 1.83. The molecule has 0 fully saturated rings. The maximum atomic E-state index is 13.8. The zero-order chi connectivity index (χ0) is 19.2. The van der Waals surface area contributed by atoms with Crippen LogP contribution in [0.25, 0.3) is 0 Å². The van der Waals surface area contributed by atoms with Gasteiger partial charge in [-0.2, -0.15) is 0 Å². The molecule has 1 heterocycles. The first kappa shape index (κ1) is 19.2. The lowest BCUT2D eigenvalue weighted by Gasteiger charge is -2.12. The van der Waals surface area contributed by atoms with E-state index in [0.717, 1.165) is 16.5 Å². The maximum absolute atomic E-state index is 13.8. The first-order valence-corrected chi connectivity index (χ1v) is 9.67. The summed E-state index contributed by atoms with van der Waals surface area (Å²) < 4.78 is 21.7. The molecule has 0 spiro atoms. The van der Waals surface area contributed by atoms with Crippen LogP contribution in [0, 0.1) is 19.7 Å². The maximum Gasteiger partial charge on any atom is 0.191 e. The number of hydrogen-bond acceptors (Lipinski definition) is 4. The monoisotopic (exact) mass is 383 g/mol. The Kier molecular flexibility index (Phi) is 6.29. The van der Waals surface area contributed by atoms with Crippen molar-refractivity contribution < 1.29 is 9.13 Å². The van der Waals surface area contributed by atoms with Crippen molar-refractivity contribution in [1.29, 1.82) is 0 Å². The Morgan fingerprint density at radius 1 is 1.15 bits per heavy atom. The van der Waals surface area contributed by atoms with Crippen molar-refractivity contribution in [2.45, 2.75) is 37.9 Å². The predicted molar refractivity (Wildman–Crippen MR) is 106 cm³/mol.